The second-order valence-electron chi connectivity index (χ2n) is 4.21. The number of rotatable bonds is 5. The van der Waals surface area contributed by atoms with Crippen LogP contribution < -0.4 is 4.74 Å². The van der Waals surface area contributed by atoms with Crippen LogP contribution in [0.25, 0.3) is 6.08 Å². The highest BCUT2D eigenvalue weighted by atomic mass is 35.5. The van der Waals surface area contributed by atoms with Crippen LogP contribution in [0.15, 0.2) is 48.5 Å². The van der Waals surface area contributed by atoms with Crippen LogP contribution in [0, 0.1) is 10.1 Å². The maximum absolute atomic E-state index is 11.1. The summed E-state index contributed by atoms with van der Waals surface area (Å²) in [5.41, 5.74) is 0.125. The number of hydrogen-bond acceptors (Lipinski definition) is 4. The van der Waals surface area contributed by atoms with Gasteiger partial charge in [0.25, 0.3) is 0 Å². The van der Waals surface area contributed by atoms with Gasteiger partial charge in [0.05, 0.1) is 4.92 Å². The average molecular weight is 320 g/mol. The fourth-order valence-corrected chi connectivity index (χ4v) is 1.79. The molecule has 2 rings (SSSR count). The highest BCUT2D eigenvalue weighted by molar-refractivity contribution is 6.30. The number of ether oxygens (including phenoxy) is 1. The SMILES string of the molecule is O=C(O)/C=C/c1ccc(Oc2ccc(Cl)cc2)c([N+](=O)[O-])c1. The van der Waals surface area contributed by atoms with Gasteiger partial charge >= 0.3 is 11.7 Å². The summed E-state index contributed by atoms with van der Waals surface area (Å²) in [7, 11) is 0. The number of carboxylic acid groups (broad SMARTS) is 1. The summed E-state index contributed by atoms with van der Waals surface area (Å²) in [6.07, 6.45) is 2.17. The first-order valence-electron chi connectivity index (χ1n) is 6.08. The lowest BCUT2D eigenvalue weighted by atomic mass is 10.1. The topological polar surface area (TPSA) is 89.7 Å². The lowest BCUT2D eigenvalue weighted by Gasteiger charge is -2.07. The van der Waals surface area contributed by atoms with Gasteiger partial charge in [-0.3, -0.25) is 10.1 Å². The molecule has 22 heavy (non-hydrogen) atoms. The first kappa shape index (κ1) is 15.5. The van der Waals surface area contributed by atoms with Crippen molar-refractivity contribution < 1.29 is 19.6 Å². The molecule has 0 unspecified atom stereocenters. The molecule has 0 aliphatic carbocycles. The lowest BCUT2D eigenvalue weighted by Crippen LogP contribution is -1.94. The Kier molecular flexibility index (Phi) is 4.75. The van der Waals surface area contributed by atoms with E-state index in [1.54, 1.807) is 24.3 Å². The third-order valence-corrected chi connectivity index (χ3v) is 2.89. The molecule has 0 aliphatic heterocycles. The van der Waals surface area contributed by atoms with E-state index in [9.17, 15) is 14.9 Å². The molecule has 0 radical (unpaired) electrons. The van der Waals surface area contributed by atoms with Gasteiger partial charge in [-0.05, 0) is 42.0 Å². The van der Waals surface area contributed by atoms with E-state index in [0.717, 1.165) is 6.08 Å². The Morgan fingerprint density at radius 2 is 1.91 bits per heavy atom. The van der Waals surface area contributed by atoms with Gasteiger partial charge in [0.15, 0.2) is 0 Å². The number of nitro groups is 1. The molecule has 6 nitrogen and oxygen atoms in total. The van der Waals surface area contributed by atoms with Crippen LogP contribution in [0.2, 0.25) is 5.02 Å². The van der Waals surface area contributed by atoms with Gasteiger partial charge in [-0.15, -0.1) is 0 Å². The van der Waals surface area contributed by atoms with Crippen molar-refractivity contribution >= 4 is 29.3 Å². The van der Waals surface area contributed by atoms with Crippen LogP contribution in [-0.2, 0) is 4.79 Å². The second-order valence-corrected chi connectivity index (χ2v) is 4.65. The third-order valence-electron chi connectivity index (χ3n) is 2.64. The maximum atomic E-state index is 11.1. The standard InChI is InChI=1S/C15H10ClNO5/c16-11-3-5-12(6-4-11)22-14-7-1-10(2-8-15(18)19)9-13(14)17(20)21/h1-9H,(H,18,19)/b8-2+. The monoisotopic (exact) mass is 319 g/mol. The van der Waals surface area contributed by atoms with Gasteiger partial charge in [0, 0.05) is 17.2 Å². The Labute approximate surface area is 130 Å². The van der Waals surface area contributed by atoms with Gasteiger partial charge < -0.3 is 9.84 Å². The quantitative estimate of drug-likeness (QED) is 0.508. The smallest absolute Gasteiger partial charge is 0.328 e. The molecule has 0 amide bonds. The van der Waals surface area contributed by atoms with E-state index in [0.29, 0.717) is 16.3 Å². The second kappa shape index (κ2) is 6.73. The average Bonchev–Trinajstić information content (AvgIpc) is 2.48. The van der Waals surface area contributed by atoms with E-state index < -0.39 is 10.9 Å². The number of benzene rings is 2. The minimum Gasteiger partial charge on any atom is -0.478 e. The highest BCUT2D eigenvalue weighted by Gasteiger charge is 2.16. The van der Waals surface area contributed by atoms with E-state index in [1.165, 1.54) is 24.3 Å². The summed E-state index contributed by atoms with van der Waals surface area (Å²) in [6.45, 7) is 0. The summed E-state index contributed by atoms with van der Waals surface area (Å²) in [5, 5.41) is 20.2. The van der Waals surface area contributed by atoms with Gasteiger partial charge in [0.2, 0.25) is 5.75 Å². The molecule has 0 atom stereocenters. The number of carboxylic acids is 1. The molecule has 0 aromatic heterocycles. The molecule has 0 heterocycles. The summed E-state index contributed by atoms with van der Waals surface area (Å²) >= 11 is 5.76. The maximum Gasteiger partial charge on any atom is 0.328 e. The zero-order valence-corrected chi connectivity index (χ0v) is 11.9. The summed E-state index contributed by atoms with van der Waals surface area (Å²) in [6, 6.07) is 10.6. The molecule has 112 valence electrons. The van der Waals surface area contributed by atoms with Crippen molar-refractivity contribution in [2.45, 2.75) is 0 Å². The summed E-state index contributed by atoms with van der Waals surface area (Å²) in [5.74, 6) is -0.676. The van der Waals surface area contributed by atoms with E-state index >= 15 is 0 Å². The van der Waals surface area contributed by atoms with Gasteiger partial charge in [0.1, 0.15) is 5.75 Å². The Morgan fingerprint density at radius 3 is 2.50 bits per heavy atom. The fourth-order valence-electron chi connectivity index (χ4n) is 1.66. The number of hydrogen-bond donors (Lipinski definition) is 1. The fraction of sp³-hybridized carbons (Fsp3) is 0. The molecule has 0 aliphatic rings. The molecular weight excluding hydrogens is 310 g/mol. The van der Waals surface area contributed by atoms with Crippen LogP contribution in [0.5, 0.6) is 11.5 Å². The molecule has 2 aromatic carbocycles. The van der Waals surface area contributed by atoms with Crippen molar-refractivity contribution in [2.75, 3.05) is 0 Å². The first-order chi connectivity index (χ1) is 10.5. The number of aliphatic carboxylic acids is 1. The molecule has 0 saturated heterocycles. The van der Waals surface area contributed by atoms with Crippen LogP contribution in [0.3, 0.4) is 0 Å². The van der Waals surface area contributed by atoms with Crippen LogP contribution in [-0.4, -0.2) is 16.0 Å². The first-order valence-corrected chi connectivity index (χ1v) is 6.46. The molecular formula is C15H10ClNO5. The number of nitrogens with zero attached hydrogens (tertiary/aromatic N) is 1. The predicted molar refractivity (Wildman–Crippen MR) is 81.3 cm³/mol. The van der Waals surface area contributed by atoms with Gasteiger partial charge in [-0.1, -0.05) is 17.7 Å². The van der Waals surface area contributed by atoms with Crippen LogP contribution in [0.1, 0.15) is 5.56 Å². The number of nitro benzene ring substituents is 1. The van der Waals surface area contributed by atoms with Crippen molar-refractivity contribution in [1.82, 2.24) is 0 Å². The Morgan fingerprint density at radius 1 is 1.23 bits per heavy atom. The zero-order chi connectivity index (χ0) is 16.1. The zero-order valence-electron chi connectivity index (χ0n) is 11.1. The Bertz CT molecular complexity index is 740. The largest absolute Gasteiger partial charge is 0.478 e. The third kappa shape index (κ3) is 4.07. The molecule has 0 fully saturated rings. The summed E-state index contributed by atoms with van der Waals surface area (Å²) in [4.78, 5) is 21.0. The Balaban J connectivity index is 2.32. The predicted octanol–water partition coefficient (Wildman–Crippen LogP) is 4.14. The minimum atomic E-state index is -1.14. The molecule has 0 spiro atoms. The van der Waals surface area contributed by atoms with E-state index in [4.69, 9.17) is 21.4 Å². The van der Waals surface area contributed by atoms with Crippen molar-refractivity contribution in [3.05, 3.63) is 69.2 Å². The van der Waals surface area contributed by atoms with Crippen molar-refractivity contribution in [2.24, 2.45) is 0 Å². The number of halogens is 1. The van der Waals surface area contributed by atoms with Crippen LogP contribution in [0.4, 0.5) is 5.69 Å². The molecule has 0 saturated carbocycles. The molecule has 2 aromatic rings. The normalized spacial score (nSPS) is 10.6. The molecule has 7 heteroatoms. The lowest BCUT2D eigenvalue weighted by molar-refractivity contribution is -0.385. The number of carbonyl (C=O) groups is 1. The van der Waals surface area contributed by atoms with Crippen molar-refractivity contribution in [3.63, 3.8) is 0 Å². The minimum absolute atomic E-state index is 0.0554. The van der Waals surface area contributed by atoms with Gasteiger partial charge in [-0.25, -0.2) is 4.79 Å². The molecule has 0 bridgehead atoms. The van der Waals surface area contributed by atoms with Gasteiger partial charge in [-0.2, -0.15) is 0 Å². The van der Waals surface area contributed by atoms with Crippen molar-refractivity contribution in [3.8, 4) is 11.5 Å². The van der Waals surface area contributed by atoms with Crippen molar-refractivity contribution in [1.29, 1.82) is 0 Å². The highest BCUT2D eigenvalue weighted by Crippen LogP contribution is 2.32. The molecule has 1 N–H and O–H groups in total. The Hall–Kier alpha value is -2.86. The van der Waals surface area contributed by atoms with Crippen LogP contribution >= 0.6 is 11.6 Å². The van der Waals surface area contributed by atoms with E-state index in [1.807, 2.05) is 0 Å². The van der Waals surface area contributed by atoms with E-state index in [2.05, 4.69) is 0 Å². The summed E-state index contributed by atoms with van der Waals surface area (Å²) < 4.78 is 5.47. The van der Waals surface area contributed by atoms with E-state index in [-0.39, 0.29) is 11.4 Å².